The Hall–Kier alpha value is -1.54. The molecule has 0 aliphatic heterocycles. The van der Waals surface area contributed by atoms with Crippen LogP contribution < -0.4 is 9.44 Å². The Bertz CT molecular complexity index is 777. The number of amides is 1. The third-order valence-electron chi connectivity index (χ3n) is 2.54. The molecule has 0 spiro atoms. The van der Waals surface area contributed by atoms with Gasteiger partial charge in [0, 0.05) is 15.6 Å². The second-order valence-electron chi connectivity index (χ2n) is 4.41. The number of sulfonamides is 1. The van der Waals surface area contributed by atoms with Gasteiger partial charge >= 0.3 is 0 Å². The van der Waals surface area contributed by atoms with Crippen molar-refractivity contribution in [3.63, 3.8) is 0 Å². The molecule has 0 radical (unpaired) electrons. The lowest BCUT2D eigenvalue weighted by Gasteiger charge is -2.10. The maximum atomic E-state index is 12.3. The summed E-state index contributed by atoms with van der Waals surface area (Å²) >= 11 is 6.67. The topological polar surface area (TPSA) is 75.3 Å². The molecule has 0 saturated carbocycles. The summed E-state index contributed by atoms with van der Waals surface area (Å²) in [5, 5.41) is 3.31. The molecule has 0 bridgehead atoms. The Morgan fingerprint density at radius 3 is 2.36 bits per heavy atom. The average Bonchev–Trinajstić information content (AvgIpc) is 2.47. The first kappa shape index (κ1) is 16.8. The van der Waals surface area contributed by atoms with Gasteiger partial charge in [0.05, 0.1) is 11.8 Å². The molecule has 2 aromatic carbocycles. The van der Waals surface area contributed by atoms with Gasteiger partial charge < -0.3 is 5.32 Å². The Morgan fingerprint density at radius 2 is 1.73 bits per heavy atom. The summed E-state index contributed by atoms with van der Waals surface area (Å²) in [5.41, 5.74) is 0.976. The molecule has 0 unspecified atom stereocenters. The van der Waals surface area contributed by atoms with Gasteiger partial charge in [-0.25, -0.2) is 8.42 Å². The minimum Gasteiger partial charge on any atom is -0.322 e. The number of rotatable bonds is 5. The molecule has 1 amide bonds. The molecule has 22 heavy (non-hydrogen) atoms. The first-order valence-corrected chi connectivity index (χ1v) is 9.23. The third-order valence-corrected chi connectivity index (χ3v) is 4.91. The smallest absolute Gasteiger partial charge is 0.256 e. The molecular formula is C14H13ClN2O3S2. The van der Waals surface area contributed by atoms with E-state index < -0.39 is 10.0 Å². The highest BCUT2D eigenvalue weighted by atomic mass is 35.5. The Balaban J connectivity index is 2.17. The number of carbonyl (C=O) groups is 1. The molecule has 0 aliphatic carbocycles. The number of halogens is 1. The molecule has 0 saturated heterocycles. The van der Waals surface area contributed by atoms with Crippen LogP contribution in [0.1, 0.15) is 10.4 Å². The van der Waals surface area contributed by atoms with Crippen molar-refractivity contribution < 1.29 is 13.2 Å². The van der Waals surface area contributed by atoms with Crippen LogP contribution in [0.4, 0.5) is 5.69 Å². The van der Waals surface area contributed by atoms with Gasteiger partial charge in [-0.2, -0.15) is 4.13 Å². The lowest BCUT2D eigenvalue weighted by molar-refractivity contribution is 0.102. The van der Waals surface area contributed by atoms with E-state index in [1.54, 1.807) is 48.5 Å². The molecule has 2 rings (SSSR count). The summed E-state index contributed by atoms with van der Waals surface area (Å²) in [6.07, 6.45) is 1.05. The lowest BCUT2D eigenvalue weighted by atomic mass is 10.2. The molecule has 0 fully saturated rings. The first-order chi connectivity index (χ1) is 10.3. The number of hydrogen-bond acceptors (Lipinski definition) is 4. The standard InChI is InChI=1S/C14H13ClN2O3S2/c1-22(19,20)17-21-13-5-3-2-4-12(13)14(18)16-11-8-6-10(15)7-9-11/h2-9,17H,1H3,(H,16,18). The van der Waals surface area contributed by atoms with Crippen molar-refractivity contribution in [3.8, 4) is 0 Å². The van der Waals surface area contributed by atoms with Crippen molar-refractivity contribution in [1.82, 2.24) is 4.13 Å². The van der Waals surface area contributed by atoms with Crippen molar-refractivity contribution >= 4 is 45.2 Å². The van der Waals surface area contributed by atoms with E-state index >= 15 is 0 Å². The van der Waals surface area contributed by atoms with Crippen LogP contribution >= 0.6 is 23.5 Å². The quantitative estimate of drug-likeness (QED) is 0.807. The van der Waals surface area contributed by atoms with Gasteiger partial charge in [0.2, 0.25) is 10.0 Å². The highest BCUT2D eigenvalue weighted by molar-refractivity contribution is 8.09. The number of benzene rings is 2. The molecule has 2 N–H and O–H groups in total. The predicted octanol–water partition coefficient (Wildman–Crippen LogP) is 3.15. The van der Waals surface area contributed by atoms with Crippen LogP contribution in [-0.2, 0) is 10.0 Å². The Kier molecular flexibility index (Phi) is 5.47. The number of hydrogen-bond donors (Lipinski definition) is 2. The number of anilines is 1. The molecule has 0 aliphatic rings. The van der Waals surface area contributed by atoms with Gasteiger partial charge in [-0.1, -0.05) is 23.7 Å². The second-order valence-corrected chi connectivity index (χ2v) is 7.71. The Morgan fingerprint density at radius 1 is 1.09 bits per heavy atom. The molecule has 8 heteroatoms. The summed E-state index contributed by atoms with van der Waals surface area (Å²) < 4.78 is 24.6. The van der Waals surface area contributed by atoms with E-state index in [1.165, 1.54) is 0 Å². The summed E-state index contributed by atoms with van der Waals surface area (Å²) in [4.78, 5) is 12.8. The van der Waals surface area contributed by atoms with Gasteiger partial charge in [0.25, 0.3) is 5.91 Å². The number of nitrogens with one attached hydrogen (secondary N) is 2. The van der Waals surface area contributed by atoms with Crippen LogP contribution in [0.2, 0.25) is 5.02 Å². The zero-order valence-electron chi connectivity index (χ0n) is 11.5. The van der Waals surface area contributed by atoms with Crippen LogP contribution in [0, 0.1) is 0 Å². The van der Waals surface area contributed by atoms with E-state index in [0.717, 1.165) is 18.2 Å². The lowest BCUT2D eigenvalue weighted by Crippen LogP contribution is -2.16. The van der Waals surface area contributed by atoms with E-state index in [2.05, 4.69) is 9.44 Å². The fourth-order valence-electron chi connectivity index (χ4n) is 1.60. The molecule has 0 atom stereocenters. The van der Waals surface area contributed by atoms with Crippen molar-refractivity contribution in [2.45, 2.75) is 4.90 Å². The minimum atomic E-state index is -3.36. The van der Waals surface area contributed by atoms with Gasteiger partial charge in [-0.3, -0.25) is 4.79 Å². The fourth-order valence-corrected chi connectivity index (χ4v) is 3.10. The van der Waals surface area contributed by atoms with Crippen LogP contribution in [0.5, 0.6) is 0 Å². The van der Waals surface area contributed by atoms with Crippen LogP contribution in [-0.4, -0.2) is 20.6 Å². The predicted molar refractivity (Wildman–Crippen MR) is 89.7 cm³/mol. The monoisotopic (exact) mass is 356 g/mol. The van der Waals surface area contributed by atoms with Crippen LogP contribution in [0.15, 0.2) is 53.4 Å². The maximum Gasteiger partial charge on any atom is 0.256 e. The maximum absolute atomic E-state index is 12.3. The van der Waals surface area contributed by atoms with E-state index in [1.807, 2.05) is 0 Å². The highest BCUT2D eigenvalue weighted by Crippen LogP contribution is 2.22. The summed E-state index contributed by atoms with van der Waals surface area (Å²) in [7, 11) is -3.36. The van der Waals surface area contributed by atoms with Gasteiger partial charge in [0.1, 0.15) is 0 Å². The molecule has 116 valence electrons. The number of carbonyl (C=O) groups excluding carboxylic acids is 1. The van der Waals surface area contributed by atoms with Crippen LogP contribution in [0.3, 0.4) is 0 Å². The van der Waals surface area contributed by atoms with E-state index in [9.17, 15) is 13.2 Å². The van der Waals surface area contributed by atoms with Crippen molar-refractivity contribution in [1.29, 1.82) is 0 Å². The highest BCUT2D eigenvalue weighted by Gasteiger charge is 2.13. The first-order valence-electron chi connectivity index (χ1n) is 6.15. The van der Waals surface area contributed by atoms with Crippen molar-refractivity contribution in [2.75, 3.05) is 11.6 Å². The third kappa shape index (κ3) is 5.03. The van der Waals surface area contributed by atoms with E-state index in [0.29, 0.717) is 21.2 Å². The zero-order valence-corrected chi connectivity index (χ0v) is 13.9. The summed E-state index contributed by atoms with van der Waals surface area (Å²) in [6.45, 7) is 0. The Labute approximate surface area is 138 Å². The zero-order chi connectivity index (χ0) is 16.2. The van der Waals surface area contributed by atoms with E-state index in [-0.39, 0.29) is 5.91 Å². The van der Waals surface area contributed by atoms with Crippen molar-refractivity contribution in [2.24, 2.45) is 0 Å². The minimum absolute atomic E-state index is 0.333. The molecule has 5 nitrogen and oxygen atoms in total. The summed E-state index contributed by atoms with van der Waals surface area (Å²) in [6, 6.07) is 13.4. The largest absolute Gasteiger partial charge is 0.322 e. The molecule has 0 aromatic heterocycles. The average molecular weight is 357 g/mol. The van der Waals surface area contributed by atoms with Crippen molar-refractivity contribution in [3.05, 3.63) is 59.1 Å². The molecular weight excluding hydrogens is 344 g/mol. The van der Waals surface area contributed by atoms with Gasteiger partial charge in [-0.15, -0.1) is 0 Å². The fraction of sp³-hybridized carbons (Fsp3) is 0.0714. The van der Waals surface area contributed by atoms with E-state index in [4.69, 9.17) is 11.6 Å². The normalized spacial score (nSPS) is 11.2. The van der Waals surface area contributed by atoms with Gasteiger partial charge in [-0.05, 0) is 48.3 Å². The molecule has 2 aromatic rings. The summed E-state index contributed by atoms with van der Waals surface area (Å²) in [5.74, 6) is -0.333. The van der Waals surface area contributed by atoms with Crippen LogP contribution in [0.25, 0.3) is 0 Å². The SMILES string of the molecule is CS(=O)(=O)NSc1ccccc1C(=O)Nc1ccc(Cl)cc1. The van der Waals surface area contributed by atoms with Gasteiger partial charge in [0.15, 0.2) is 0 Å². The molecule has 0 heterocycles. The second kappa shape index (κ2) is 7.15.